The van der Waals surface area contributed by atoms with Gasteiger partial charge in [-0.25, -0.2) is 13.8 Å². The van der Waals surface area contributed by atoms with Crippen LogP contribution in [0.2, 0.25) is 0 Å². The van der Waals surface area contributed by atoms with E-state index in [2.05, 4.69) is 10.5 Å². The van der Waals surface area contributed by atoms with E-state index in [9.17, 15) is 13.2 Å². The number of sulfonamides is 1. The molecule has 0 aliphatic heterocycles. The first kappa shape index (κ1) is 20.6. The quantitative estimate of drug-likeness (QED) is 0.580. The first-order valence-corrected chi connectivity index (χ1v) is 9.67. The summed E-state index contributed by atoms with van der Waals surface area (Å²) in [5, 5.41) is 3.86. The molecular formula is C19H23N3O4S. The van der Waals surface area contributed by atoms with Gasteiger partial charge in [-0.05, 0) is 43.2 Å². The summed E-state index contributed by atoms with van der Waals surface area (Å²) in [5.41, 5.74) is 4.95. The fraction of sp³-hybridized carbons (Fsp3) is 0.263. The molecule has 0 aromatic heterocycles. The van der Waals surface area contributed by atoms with Crippen molar-refractivity contribution in [2.45, 2.75) is 18.7 Å². The number of amides is 1. The minimum atomic E-state index is -3.80. The van der Waals surface area contributed by atoms with E-state index in [1.807, 2.05) is 31.2 Å². The zero-order valence-corrected chi connectivity index (χ0v) is 16.6. The lowest BCUT2D eigenvalue weighted by atomic mass is 10.2. The van der Waals surface area contributed by atoms with Gasteiger partial charge in [0.25, 0.3) is 5.91 Å². The molecule has 2 aromatic carbocycles. The molecule has 0 bridgehead atoms. The number of ether oxygens (including phenoxy) is 1. The van der Waals surface area contributed by atoms with E-state index >= 15 is 0 Å². The predicted octanol–water partition coefficient (Wildman–Crippen LogP) is 2.08. The highest BCUT2D eigenvalue weighted by molar-refractivity contribution is 7.89. The van der Waals surface area contributed by atoms with Gasteiger partial charge in [0.15, 0.2) is 0 Å². The number of benzene rings is 2. The topological polar surface area (TPSA) is 88.1 Å². The Hall–Kier alpha value is -2.71. The number of carbonyl (C=O) groups excluding carboxylic acids is 1. The van der Waals surface area contributed by atoms with Crippen molar-refractivity contribution in [1.82, 2.24) is 9.73 Å². The number of methoxy groups -OCH3 is 1. The number of hydrazone groups is 1. The molecule has 2 rings (SSSR count). The minimum absolute atomic E-state index is 0.0966. The lowest BCUT2D eigenvalue weighted by Gasteiger charge is -2.17. The maximum absolute atomic E-state index is 12.6. The number of likely N-dealkylation sites (N-methyl/N-ethyl adjacent to an activating group) is 1. The van der Waals surface area contributed by atoms with Crippen molar-refractivity contribution >= 4 is 22.1 Å². The van der Waals surface area contributed by atoms with Crippen LogP contribution in [-0.2, 0) is 14.8 Å². The smallest absolute Gasteiger partial charge is 0.255 e. The van der Waals surface area contributed by atoms with Crippen LogP contribution in [0, 0.1) is 13.8 Å². The third-order valence-electron chi connectivity index (χ3n) is 3.89. The summed E-state index contributed by atoms with van der Waals surface area (Å²) in [4.78, 5) is 12.1. The van der Waals surface area contributed by atoms with Gasteiger partial charge in [-0.3, -0.25) is 4.79 Å². The molecular weight excluding hydrogens is 366 g/mol. The van der Waals surface area contributed by atoms with Crippen LogP contribution in [-0.4, -0.2) is 45.5 Å². The second-order valence-electron chi connectivity index (χ2n) is 6.10. The summed E-state index contributed by atoms with van der Waals surface area (Å²) < 4.78 is 31.4. The first-order valence-electron chi connectivity index (χ1n) is 8.23. The molecule has 0 atom stereocenters. The molecule has 144 valence electrons. The molecule has 7 nitrogen and oxygen atoms in total. The highest BCUT2D eigenvalue weighted by atomic mass is 32.2. The minimum Gasteiger partial charge on any atom is -0.496 e. The molecule has 0 saturated carbocycles. The molecule has 27 heavy (non-hydrogen) atoms. The Kier molecular flexibility index (Phi) is 6.70. The van der Waals surface area contributed by atoms with Gasteiger partial charge in [0.05, 0.1) is 24.8 Å². The van der Waals surface area contributed by atoms with E-state index in [-0.39, 0.29) is 11.4 Å². The van der Waals surface area contributed by atoms with Crippen LogP contribution in [0.4, 0.5) is 0 Å². The molecule has 0 heterocycles. The molecule has 0 aliphatic rings. The predicted molar refractivity (Wildman–Crippen MR) is 104 cm³/mol. The largest absolute Gasteiger partial charge is 0.496 e. The molecule has 8 heteroatoms. The zero-order chi connectivity index (χ0) is 20.0. The van der Waals surface area contributed by atoms with Gasteiger partial charge < -0.3 is 4.74 Å². The Morgan fingerprint density at radius 1 is 1.22 bits per heavy atom. The van der Waals surface area contributed by atoms with Gasteiger partial charge in [0.1, 0.15) is 5.75 Å². The molecule has 0 radical (unpaired) electrons. The van der Waals surface area contributed by atoms with Crippen LogP contribution < -0.4 is 10.2 Å². The third-order valence-corrected chi connectivity index (χ3v) is 5.69. The summed E-state index contributed by atoms with van der Waals surface area (Å²) in [6.45, 7) is 3.36. The second kappa shape index (κ2) is 8.79. The Labute approximate surface area is 159 Å². The van der Waals surface area contributed by atoms with Crippen LogP contribution in [0.3, 0.4) is 0 Å². The Morgan fingerprint density at radius 3 is 2.59 bits per heavy atom. The van der Waals surface area contributed by atoms with Crippen molar-refractivity contribution in [1.29, 1.82) is 0 Å². The van der Waals surface area contributed by atoms with Gasteiger partial charge in [-0.2, -0.15) is 9.41 Å². The molecule has 1 amide bonds. The van der Waals surface area contributed by atoms with E-state index in [0.29, 0.717) is 11.3 Å². The maximum Gasteiger partial charge on any atom is 0.255 e. The van der Waals surface area contributed by atoms with Crippen molar-refractivity contribution < 1.29 is 17.9 Å². The lowest BCUT2D eigenvalue weighted by Crippen LogP contribution is -2.36. The van der Waals surface area contributed by atoms with Crippen molar-refractivity contribution in [2.24, 2.45) is 5.10 Å². The number of carbonyl (C=O) groups is 1. The van der Waals surface area contributed by atoms with E-state index in [4.69, 9.17) is 4.74 Å². The third kappa shape index (κ3) is 5.38. The molecule has 0 fully saturated rings. The number of nitrogens with zero attached hydrogens (tertiary/aromatic N) is 2. The van der Waals surface area contributed by atoms with Gasteiger partial charge in [0, 0.05) is 7.05 Å². The fourth-order valence-corrected chi connectivity index (χ4v) is 3.66. The average molecular weight is 389 g/mol. The number of hydrogen-bond acceptors (Lipinski definition) is 5. The molecule has 0 unspecified atom stereocenters. The summed E-state index contributed by atoms with van der Waals surface area (Å²) >= 11 is 0. The van der Waals surface area contributed by atoms with E-state index in [1.54, 1.807) is 13.0 Å². The Balaban J connectivity index is 2.01. The van der Waals surface area contributed by atoms with Gasteiger partial charge in [-0.15, -0.1) is 0 Å². The standard InChI is InChI=1S/C19H23N3O4S/c1-14-6-5-7-16(10-14)12-20-21-19(23)13-22(3)27(24,25)17-8-9-18(26-4)15(2)11-17/h5-12H,13H2,1-4H3,(H,21,23). The molecule has 1 N–H and O–H groups in total. The number of hydrogen-bond donors (Lipinski definition) is 1. The number of nitrogens with one attached hydrogen (secondary N) is 1. The van der Waals surface area contributed by atoms with Gasteiger partial charge in [-0.1, -0.05) is 29.8 Å². The normalized spacial score (nSPS) is 11.7. The van der Waals surface area contributed by atoms with E-state index < -0.39 is 15.9 Å². The van der Waals surface area contributed by atoms with Crippen LogP contribution in [0.5, 0.6) is 5.75 Å². The molecule has 2 aromatic rings. The highest BCUT2D eigenvalue weighted by Gasteiger charge is 2.23. The Morgan fingerprint density at radius 2 is 1.96 bits per heavy atom. The monoisotopic (exact) mass is 389 g/mol. The summed E-state index contributed by atoms with van der Waals surface area (Å²) in [5.74, 6) is 0.0649. The fourth-order valence-electron chi connectivity index (χ4n) is 2.44. The van der Waals surface area contributed by atoms with Gasteiger partial charge >= 0.3 is 0 Å². The van der Waals surface area contributed by atoms with Crippen molar-refractivity contribution in [3.63, 3.8) is 0 Å². The lowest BCUT2D eigenvalue weighted by molar-refractivity contribution is -0.121. The van der Waals surface area contributed by atoms with Crippen LogP contribution in [0.25, 0.3) is 0 Å². The summed E-state index contributed by atoms with van der Waals surface area (Å²) in [6.07, 6.45) is 1.51. The van der Waals surface area contributed by atoms with Gasteiger partial charge in [0.2, 0.25) is 10.0 Å². The van der Waals surface area contributed by atoms with Crippen LogP contribution in [0.1, 0.15) is 16.7 Å². The SMILES string of the molecule is COc1ccc(S(=O)(=O)N(C)CC(=O)NN=Cc2cccc(C)c2)cc1C. The van der Waals surface area contributed by atoms with Crippen molar-refractivity contribution in [3.05, 3.63) is 59.2 Å². The maximum atomic E-state index is 12.6. The summed E-state index contributed by atoms with van der Waals surface area (Å²) in [7, 11) is -0.935. The van der Waals surface area contributed by atoms with E-state index in [0.717, 1.165) is 15.4 Å². The highest BCUT2D eigenvalue weighted by Crippen LogP contribution is 2.23. The van der Waals surface area contributed by atoms with Crippen molar-refractivity contribution in [3.8, 4) is 5.75 Å². The van der Waals surface area contributed by atoms with Crippen LogP contribution in [0.15, 0.2) is 52.5 Å². The number of rotatable bonds is 7. The van der Waals surface area contributed by atoms with Crippen molar-refractivity contribution in [2.75, 3.05) is 20.7 Å². The molecule has 0 aliphatic carbocycles. The Bertz CT molecular complexity index is 955. The molecule has 0 saturated heterocycles. The zero-order valence-electron chi connectivity index (χ0n) is 15.8. The van der Waals surface area contributed by atoms with Crippen LogP contribution >= 0.6 is 0 Å². The average Bonchev–Trinajstić information content (AvgIpc) is 2.61. The van der Waals surface area contributed by atoms with E-state index in [1.165, 1.54) is 32.5 Å². The molecule has 0 spiro atoms. The second-order valence-corrected chi connectivity index (χ2v) is 8.14. The number of aryl methyl sites for hydroxylation is 2. The first-order chi connectivity index (χ1) is 12.7. The summed E-state index contributed by atoms with van der Waals surface area (Å²) in [6, 6.07) is 12.2.